The molecule has 0 aliphatic heterocycles. The van der Waals surface area contributed by atoms with Crippen LogP contribution in [0.2, 0.25) is 0 Å². The first-order chi connectivity index (χ1) is 13.9. The fraction of sp³-hybridized carbons (Fsp3) is 0.261. The third-order valence-corrected chi connectivity index (χ3v) is 4.47. The summed E-state index contributed by atoms with van der Waals surface area (Å²) in [6, 6.07) is 14.7. The van der Waals surface area contributed by atoms with E-state index >= 15 is 0 Å². The quantitative estimate of drug-likeness (QED) is 0.625. The van der Waals surface area contributed by atoms with Gasteiger partial charge in [-0.15, -0.1) is 0 Å². The van der Waals surface area contributed by atoms with Gasteiger partial charge in [0.25, 0.3) is 5.91 Å². The van der Waals surface area contributed by atoms with E-state index in [1.165, 1.54) is 0 Å². The second-order valence-electron chi connectivity index (χ2n) is 7.17. The minimum absolute atomic E-state index is 0.248. The summed E-state index contributed by atoms with van der Waals surface area (Å²) in [5.41, 5.74) is 3.64. The van der Waals surface area contributed by atoms with Gasteiger partial charge < -0.3 is 14.6 Å². The molecule has 0 saturated heterocycles. The summed E-state index contributed by atoms with van der Waals surface area (Å²) < 4.78 is 7.04. The van der Waals surface area contributed by atoms with E-state index in [1.54, 1.807) is 43.2 Å². The molecule has 0 spiro atoms. The minimum Gasteiger partial charge on any atom is -0.461 e. The van der Waals surface area contributed by atoms with E-state index in [1.807, 2.05) is 49.4 Å². The second-order valence-corrected chi connectivity index (χ2v) is 7.17. The van der Waals surface area contributed by atoms with E-state index in [2.05, 4.69) is 10.3 Å². The van der Waals surface area contributed by atoms with E-state index in [0.717, 1.165) is 16.7 Å². The van der Waals surface area contributed by atoms with Crippen LogP contribution in [-0.4, -0.2) is 33.6 Å². The van der Waals surface area contributed by atoms with E-state index in [4.69, 9.17) is 4.74 Å². The molecule has 150 valence electrons. The van der Waals surface area contributed by atoms with Crippen molar-refractivity contribution >= 4 is 11.9 Å². The summed E-state index contributed by atoms with van der Waals surface area (Å²) >= 11 is 0. The molecule has 1 N–H and O–H groups in total. The Balaban J connectivity index is 1.78. The van der Waals surface area contributed by atoms with E-state index in [9.17, 15) is 9.59 Å². The average molecular weight is 391 g/mol. The molecule has 2 aromatic carbocycles. The lowest BCUT2D eigenvalue weighted by Crippen LogP contribution is -2.45. The molecule has 0 unspecified atom stereocenters. The number of rotatable bonds is 7. The Morgan fingerprint density at radius 1 is 1.14 bits per heavy atom. The Morgan fingerprint density at radius 3 is 2.52 bits per heavy atom. The number of aryl methyl sites for hydroxylation is 1. The topological polar surface area (TPSA) is 73.2 Å². The number of carbonyl (C=O) groups excluding carboxylic acids is 2. The lowest BCUT2D eigenvalue weighted by molar-refractivity contribution is -0.150. The SMILES string of the molecule is Cc1cc(C(=O)N[C@@H](Cn2ccnc2)C(=O)OC(C)C)ccc1-c1ccccc1. The maximum absolute atomic E-state index is 12.8. The molecular weight excluding hydrogens is 366 g/mol. The monoisotopic (exact) mass is 391 g/mol. The van der Waals surface area contributed by atoms with Crippen molar-refractivity contribution in [3.8, 4) is 11.1 Å². The third kappa shape index (κ3) is 5.31. The van der Waals surface area contributed by atoms with Crippen LogP contribution in [0.5, 0.6) is 0 Å². The molecule has 0 aliphatic carbocycles. The van der Waals surface area contributed by atoms with E-state index in [-0.39, 0.29) is 18.6 Å². The van der Waals surface area contributed by atoms with Crippen LogP contribution in [0, 0.1) is 6.92 Å². The number of carbonyl (C=O) groups is 2. The Kier molecular flexibility index (Phi) is 6.44. The lowest BCUT2D eigenvalue weighted by atomic mass is 9.98. The summed E-state index contributed by atoms with van der Waals surface area (Å²) in [4.78, 5) is 29.3. The normalized spacial score (nSPS) is 11.9. The number of esters is 1. The van der Waals surface area contributed by atoms with Crippen LogP contribution in [0.4, 0.5) is 0 Å². The van der Waals surface area contributed by atoms with Crippen LogP contribution in [0.3, 0.4) is 0 Å². The highest BCUT2D eigenvalue weighted by Gasteiger charge is 2.24. The first-order valence-corrected chi connectivity index (χ1v) is 9.57. The number of amides is 1. The van der Waals surface area contributed by atoms with Crippen LogP contribution in [0.25, 0.3) is 11.1 Å². The van der Waals surface area contributed by atoms with Crippen molar-refractivity contribution in [2.75, 3.05) is 0 Å². The molecule has 0 aliphatic rings. The van der Waals surface area contributed by atoms with Crippen molar-refractivity contribution in [3.63, 3.8) is 0 Å². The maximum atomic E-state index is 12.8. The Labute approximate surface area is 170 Å². The number of nitrogens with one attached hydrogen (secondary N) is 1. The molecule has 3 aromatic rings. The Hall–Kier alpha value is -3.41. The molecule has 1 atom stereocenters. The number of ether oxygens (including phenoxy) is 1. The van der Waals surface area contributed by atoms with Gasteiger partial charge >= 0.3 is 5.97 Å². The minimum atomic E-state index is -0.812. The summed E-state index contributed by atoms with van der Waals surface area (Å²) in [6.45, 7) is 5.77. The predicted octanol–water partition coefficient (Wildman–Crippen LogP) is 3.61. The van der Waals surface area contributed by atoms with Crippen molar-refractivity contribution in [1.82, 2.24) is 14.9 Å². The summed E-state index contributed by atoms with van der Waals surface area (Å²) in [5, 5.41) is 2.80. The van der Waals surface area contributed by atoms with Crippen molar-refractivity contribution in [2.45, 2.75) is 39.5 Å². The van der Waals surface area contributed by atoms with E-state index < -0.39 is 12.0 Å². The van der Waals surface area contributed by atoms with Crippen LogP contribution >= 0.6 is 0 Å². The van der Waals surface area contributed by atoms with E-state index in [0.29, 0.717) is 5.56 Å². The molecule has 6 heteroatoms. The van der Waals surface area contributed by atoms with Gasteiger partial charge in [0.15, 0.2) is 0 Å². The predicted molar refractivity (Wildman–Crippen MR) is 111 cm³/mol. The molecule has 0 fully saturated rings. The second kappa shape index (κ2) is 9.19. The molecule has 1 heterocycles. The van der Waals surface area contributed by atoms with Crippen LogP contribution < -0.4 is 5.32 Å². The molecule has 0 radical (unpaired) electrons. The number of benzene rings is 2. The summed E-state index contributed by atoms with van der Waals surface area (Å²) in [6.07, 6.45) is 4.69. The van der Waals surface area contributed by atoms with Crippen molar-refractivity contribution in [3.05, 3.63) is 78.4 Å². The highest BCUT2D eigenvalue weighted by atomic mass is 16.5. The van der Waals surface area contributed by atoms with Crippen LogP contribution in [-0.2, 0) is 16.1 Å². The number of aromatic nitrogens is 2. The first kappa shape index (κ1) is 20.3. The van der Waals surface area contributed by atoms with Gasteiger partial charge in [-0.2, -0.15) is 0 Å². The first-order valence-electron chi connectivity index (χ1n) is 9.57. The largest absolute Gasteiger partial charge is 0.461 e. The lowest BCUT2D eigenvalue weighted by Gasteiger charge is -2.20. The van der Waals surface area contributed by atoms with Gasteiger partial charge in [-0.1, -0.05) is 36.4 Å². The Morgan fingerprint density at radius 2 is 1.90 bits per heavy atom. The van der Waals surface area contributed by atoms with Crippen molar-refractivity contribution < 1.29 is 14.3 Å². The van der Waals surface area contributed by atoms with Gasteiger partial charge in [0.1, 0.15) is 6.04 Å². The molecule has 3 rings (SSSR count). The van der Waals surface area contributed by atoms with Crippen LogP contribution in [0.1, 0.15) is 29.8 Å². The fourth-order valence-corrected chi connectivity index (χ4v) is 3.09. The fourth-order valence-electron chi connectivity index (χ4n) is 3.09. The van der Waals surface area contributed by atoms with Crippen LogP contribution in [0.15, 0.2) is 67.3 Å². The van der Waals surface area contributed by atoms with Gasteiger partial charge in [-0.25, -0.2) is 9.78 Å². The molecule has 0 bridgehead atoms. The maximum Gasteiger partial charge on any atom is 0.330 e. The number of hydrogen-bond acceptors (Lipinski definition) is 4. The molecule has 0 saturated carbocycles. The van der Waals surface area contributed by atoms with Crippen molar-refractivity contribution in [1.29, 1.82) is 0 Å². The van der Waals surface area contributed by atoms with Gasteiger partial charge in [-0.3, -0.25) is 4.79 Å². The Bertz CT molecular complexity index is 966. The molecule has 1 amide bonds. The number of hydrogen-bond donors (Lipinski definition) is 1. The number of imidazole rings is 1. The smallest absolute Gasteiger partial charge is 0.330 e. The third-order valence-electron chi connectivity index (χ3n) is 4.47. The zero-order valence-corrected chi connectivity index (χ0v) is 16.8. The zero-order chi connectivity index (χ0) is 20.8. The van der Waals surface area contributed by atoms with Gasteiger partial charge in [0.05, 0.1) is 19.0 Å². The molecular formula is C23H25N3O3. The van der Waals surface area contributed by atoms with Gasteiger partial charge in [-0.05, 0) is 49.6 Å². The molecule has 6 nitrogen and oxygen atoms in total. The van der Waals surface area contributed by atoms with Gasteiger partial charge in [0.2, 0.25) is 0 Å². The average Bonchev–Trinajstić information content (AvgIpc) is 3.20. The molecule has 1 aromatic heterocycles. The highest BCUT2D eigenvalue weighted by Crippen LogP contribution is 2.24. The summed E-state index contributed by atoms with van der Waals surface area (Å²) in [7, 11) is 0. The number of nitrogens with zero attached hydrogens (tertiary/aromatic N) is 2. The molecule has 29 heavy (non-hydrogen) atoms. The van der Waals surface area contributed by atoms with Gasteiger partial charge in [0, 0.05) is 18.0 Å². The summed E-state index contributed by atoms with van der Waals surface area (Å²) in [5.74, 6) is -0.793. The van der Waals surface area contributed by atoms with Crippen molar-refractivity contribution in [2.24, 2.45) is 0 Å². The standard InChI is InChI=1S/C23H25N3O3/c1-16(2)29-23(28)21(14-26-12-11-24-15-26)25-22(27)19-9-10-20(17(3)13-19)18-7-5-4-6-8-18/h4-13,15-16,21H,14H2,1-3H3,(H,25,27)/t21-/m0/s1. The zero-order valence-electron chi connectivity index (χ0n) is 16.8. The highest BCUT2D eigenvalue weighted by molar-refractivity contribution is 5.97.